The molecule has 1 heterocycles. The van der Waals surface area contributed by atoms with Crippen LogP contribution < -0.4 is 4.31 Å². The van der Waals surface area contributed by atoms with E-state index in [-0.39, 0.29) is 4.90 Å². The van der Waals surface area contributed by atoms with E-state index in [1.165, 1.54) is 4.31 Å². The van der Waals surface area contributed by atoms with Gasteiger partial charge in [-0.1, -0.05) is 48.4 Å². The van der Waals surface area contributed by atoms with Crippen LogP contribution in [-0.2, 0) is 10.0 Å². The lowest BCUT2D eigenvalue weighted by Gasteiger charge is -2.27. The first kappa shape index (κ1) is 21.1. The van der Waals surface area contributed by atoms with E-state index in [1.807, 2.05) is 13.8 Å². The van der Waals surface area contributed by atoms with Gasteiger partial charge in [-0.15, -0.1) is 5.10 Å². The quantitative estimate of drug-likeness (QED) is 0.411. The highest BCUT2D eigenvalue weighted by Gasteiger charge is 2.27. The molecule has 0 amide bonds. The third-order valence-electron chi connectivity index (χ3n) is 4.32. The largest absolute Gasteiger partial charge is 0.264 e. The van der Waals surface area contributed by atoms with Crippen molar-refractivity contribution in [3.05, 3.63) is 62.9 Å². The van der Waals surface area contributed by atoms with E-state index in [0.717, 1.165) is 22.2 Å². The molecule has 0 radical (unpaired) electrons. The van der Waals surface area contributed by atoms with Crippen LogP contribution in [0.3, 0.4) is 0 Å². The molecule has 0 saturated heterocycles. The minimum atomic E-state index is -3.75. The van der Waals surface area contributed by atoms with Gasteiger partial charge in [0.2, 0.25) is 0 Å². The molecule has 0 unspecified atom stereocenters. The topological polar surface area (TPSA) is 68.1 Å². The summed E-state index contributed by atoms with van der Waals surface area (Å²) in [7, 11) is -3.75. The maximum absolute atomic E-state index is 13.4. The van der Waals surface area contributed by atoms with Crippen molar-refractivity contribution >= 4 is 49.9 Å². The molecule has 148 valence electrons. The second kappa shape index (κ2) is 8.79. The molecular weight excluding hydrogens is 511 g/mol. The van der Waals surface area contributed by atoms with Gasteiger partial charge in [-0.05, 0) is 66.3 Å². The molecule has 0 bridgehead atoms. The molecule has 28 heavy (non-hydrogen) atoms. The van der Waals surface area contributed by atoms with Crippen molar-refractivity contribution in [1.82, 2.24) is 15.0 Å². The molecule has 6 nitrogen and oxygen atoms in total. The predicted molar refractivity (Wildman–Crippen MR) is 120 cm³/mol. The molecule has 0 aliphatic carbocycles. The van der Waals surface area contributed by atoms with Crippen LogP contribution >= 0.6 is 34.2 Å². The molecule has 0 aliphatic heterocycles. The number of aromatic nitrogens is 3. The second-order valence-electron chi connectivity index (χ2n) is 6.25. The zero-order valence-electron chi connectivity index (χ0n) is 15.5. The smallest absolute Gasteiger partial charge is 0.264 e. The van der Waals surface area contributed by atoms with Gasteiger partial charge in [0.25, 0.3) is 10.0 Å². The molecule has 2 aromatic carbocycles. The zero-order chi connectivity index (χ0) is 20.3. The fraction of sp³-hybridized carbons (Fsp3) is 0.263. The average Bonchev–Trinajstić information content (AvgIpc) is 3.02. The number of hydrogen-bond acceptors (Lipinski definition) is 4. The molecule has 0 atom stereocenters. The second-order valence-corrected chi connectivity index (χ2v) is 9.57. The molecule has 9 heteroatoms. The van der Waals surface area contributed by atoms with Gasteiger partial charge in [0.15, 0.2) is 0 Å². The van der Waals surface area contributed by atoms with Gasteiger partial charge >= 0.3 is 0 Å². The van der Waals surface area contributed by atoms with Gasteiger partial charge in [0, 0.05) is 11.6 Å². The summed E-state index contributed by atoms with van der Waals surface area (Å²) < 4.78 is 30.7. The average molecular weight is 531 g/mol. The van der Waals surface area contributed by atoms with Crippen LogP contribution in [0.5, 0.6) is 0 Å². The van der Waals surface area contributed by atoms with Gasteiger partial charge in [-0.3, -0.25) is 4.31 Å². The van der Waals surface area contributed by atoms with E-state index in [1.54, 1.807) is 53.2 Å². The number of benzene rings is 2. The van der Waals surface area contributed by atoms with Crippen molar-refractivity contribution < 1.29 is 8.42 Å². The van der Waals surface area contributed by atoms with Gasteiger partial charge in [-0.2, -0.15) is 0 Å². The Hall–Kier alpha value is -1.65. The lowest BCUT2D eigenvalue weighted by Crippen LogP contribution is -2.33. The van der Waals surface area contributed by atoms with Crippen molar-refractivity contribution in [2.24, 2.45) is 0 Å². The molecule has 0 aliphatic rings. The maximum atomic E-state index is 13.4. The SMILES string of the molecule is CCCCN(c1ccc(Cl)cc1-n1nnc(I)c1C)S(=O)(=O)c1ccccc1. The van der Waals surface area contributed by atoms with Crippen molar-refractivity contribution in [2.75, 3.05) is 10.8 Å². The Morgan fingerprint density at radius 3 is 2.50 bits per heavy atom. The van der Waals surface area contributed by atoms with Crippen LogP contribution in [0.15, 0.2) is 53.4 Å². The Balaban J connectivity index is 2.21. The van der Waals surface area contributed by atoms with E-state index in [9.17, 15) is 8.42 Å². The first-order chi connectivity index (χ1) is 13.4. The molecule has 1 aromatic heterocycles. The van der Waals surface area contributed by atoms with Crippen LogP contribution in [0.2, 0.25) is 5.02 Å². The summed E-state index contributed by atoms with van der Waals surface area (Å²) in [6.07, 6.45) is 1.59. The molecule has 3 aromatic rings. The number of nitrogens with zero attached hydrogens (tertiary/aromatic N) is 4. The highest BCUT2D eigenvalue weighted by Crippen LogP contribution is 2.33. The lowest BCUT2D eigenvalue weighted by molar-refractivity contribution is 0.588. The van der Waals surface area contributed by atoms with E-state index >= 15 is 0 Å². The van der Waals surface area contributed by atoms with Crippen molar-refractivity contribution in [1.29, 1.82) is 0 Å². The van der Waals surface area contributed by atoms with Gasteiger partial charge in [0.05, 0.1) is 22.0 Å². The van der Waals surface area contributed by atoms with Gasteiger partial charge in [-0.25, -0.2) is 13.1 Å². The summed E-state index contributed by atoms with van der Waals surface area (Å²) in [6.45, 7) is 4.27. The maximum Gasteiger partial charge on any atom is 0.264 e. The first-order valence-electron chi connectivity index (χ1n) is 8.81. The normalized spacial score (nSPS) is 11.6. The van der Waals surface area contributed by atoms with Crippen LogP contribution in [0.4, 0.5) is 5.69 Å². The summed E-state index contributed by atoms with van der Waals surface area (Å²) in [5.41, 5.74) is 1.92. The van der Waals surface area contributed by atoms with Crippen LogP contribution in [0.1, 0.15) is 25.5 Å². The van der Waals surface area contributed by atoms with Crippen LogP contribution in [0.25, 0.3) is 5.69 Å². The lowest BCUT2D eigenvalue weighted by atomic mass is 10.2. The summed E-state index contributed by atoms with van der Waals surface area (Å²) in [5, 5.41) is 8.77. The van der Waals surface area contributed by atoms with Crippen LogP contribution in [0, 0.1) is 10.6 Å². The van der Waals surface area contributed by atoms with E-state index in [2.05, 4.69) is 32.9 Å². The van der Waals surface area contributed by atoms with Crippen molar-refractivity contribution in [3.63, 3.8) is 0 Å². The number of unbranched alkanes of at least 4 members (excludes halogenated alkanes) is 1. The van der Waals surface area contributed by atoms with Gasteiger partial charge < -0.3 is 0 Å². The molecular formula is C19H20ClIN4O2S. The molecule has 3 rings (SSSR count). The Bertz CT molecular complexity index is 1070. The Morgan fingerprint density at radius 1 is 1.18 bits per heavy atom. The minimum Gasteiger partial charge on any atom is -0.264 e. The number of anilines is 1. The fourth-order valence-corrected chi connectivity index (χ4v) is 4.84. The molecule has 0 spiro atoms. The summed E-state index contributed by atoms with van der Waals surface area (Å²) in [5.74, 6) is 0. The Kier molecular flexibility index (Phi) is 6.61. The molecule has 0 saturated carbocycles. The van der Waals surface area contributed by atoms with E-state index in [0.29, 0.717) is 22.9 Å². The molecule has 0 N–H and O–H groups in total. The number of sulfonamides is 1. The Morgan fingerprint density at radius 2 is 1.89 bits per heavy atom. The fourth-order valence-electron chi connectivity index (χ4n) is 2.81. The zero-order valence-corrected chi connectivity index (χ0v) is 19.2. The molecule has 0 fully saturated rings. The van der Waals surface area contributed by atoms with Gasteiger partial charge in [0.1, 0.15) is 3.70 Å². The number of rotatable bonds is 7. The number of halogens is 2. The third-order valence-corrected chi connectivity index (χ3v) is 7.38. The van der Waals surface area contributed by atoms with Crippen molar-refractivity contribution in [3.8, 4) is 5.69 Å². The van der Waals surface area contributed by atoms with E-state index < -0.39 is 10.0 Å². The summed E-state index contributed by atoms with van der Waals surface area (Å²) in [4.78, 5) is 0.247. The predicted octanol–water partition coefficient (Wildman–Crippen LogP) is 4.83. The minimum absolute atomic E-state index is 0.247. The summed E-state index contributed by atoms with van der Waals surface area (Å²) in [6, 6.07) is 13.6. The Labute approximate surface area is 183 Å². The highest BCUT2D eigenvalue weighted by molar-refractivity contribution is 14.1. The number of hydrogen-bond donors (Lipinski definition) is 0. The monoisotopic (exact) mass is 530 g/mol. The summed E-state index contributed by atoms with van der Waals surface area (Å²) >= 11 is 8.33. The van der Waals surface area contributed by atoms with Crippen molar-refractivity contribution in [2.45, 2.75) is 31.6 Å². The van der Waals surface area contributed by atoms with Crippen LogP contribution in [-0.4, -0.2) is 30.0 Å². The first-order valence-corrected chi connectivity index (χ1v) is 11.7. The highest BCUT2D eigenvalue weighted by atomic mass is 127. The van der Waals surface area contributed by atoms with E-state index in [4.69, 9.17) is 11.6 Å². The standard InChI is InChI=1S/C19H20ClIN4O2S/c1-3-4-12-24(28(26,27)16-8-6-5-7-9-16)17-11-10-15(20)13-18(17)25-14(2)19(21)22-23-25/h5-11,13H,3-4,12H2,1-2H3. The third kappa shape index (κ3) is 4.18.